The van der Waals surface area contributed by atoms with E-state index >= 15 is 0 Å². The summed E-state index contributed by atoms with van der Waals surface area (Å²) in [7, 11) is 0. The predicted octanol–water partition coefficient (Wildman–Crippen LogP) is 2.09. The van der Waals surface area contributed by atoms with Crippen LogP contribution >= 0.6 is 11.6 Å². The Hall–Kier alpha value is -1.94. The maximum absolute atomic E-state index is 11.0. The smallest absolute Gasteiger partial charge is 0.243 e. The molecule has 0 aliphatic carbocycles. The standard InChI is InChI=1S/C12H10ClN3O/c1-2-11(17)14-7-9-5-3-8-4-6-10(13)16-12(8)15-9/h2-6H,1,7H2,(H,14,17). The van der Waals surface area contributed by atoms with Gasteiger partial charge in [-0.05, 0) is 30.3 Å². The monoisotopic (exact) mass is 247 g/mol. The van der Waals surface area contributed by atoms with E-state index in [-0.39, 0.29) is 5.91 Å². The maximum Gasteiger partial charge on any atom is 0.243 e. The van der Waals surface area contributed by atoms with Crippen LogP contribution in [0, 0.1) is 0 Å². The number of rotatable bonds is 3. The Bertz CT molecular complexity index is 583. The topological polar surface area (TPSA) is 54.9 Å². The lowest BCUT2D eigenvalue weighted by atomic mass is 10.2. The number of hydrogen-bond acceptors (Lipinski definition) is 3. The molecule has 0 saturated carbocycles. The van der Waals surface area contributed by atoms with Crippen LogP contribution in [0.15, 0.2) is 36.9 Å². The minimum Gasteiger partial charge on any atom is -0.347 e. The van der Waals surface area contributed by atoms with Crippen molar-refractivity contribution < 1.29 is 4.79 Å². The van der Waals surface area contributed by atoms with Crippen LogP contribution in [0.1, 0.15) is 5.69 Å². The van der Waals surface area contributed by atoms with E-state index in [1.165, 1.54) is 6.08 Å². The molecule has 0 spiro atoms. The van der Waals surface area contributed by atoms with Crippen molar-refractivity contribution in [2.24, 2.45) is 0 Å². The van der Waals surface area contributed by atoms with Crippen molar-refractivity contribution in [3.63, 3.8) is 0 Å². The van der Waals surface area contributed by atoms with Gasteiger partial charge < -0.3 is 5.32 Å². The quantitative estimate of drug-likeness (QED) is 0.667. The van der Waals surface area contributed by atoms with Gasteiger partial charge in [0.25, 0.3) is 0 Å². The van der Waals surface area contributed by atoms with Crippen molar-refractivity contribution in [3.05, 3.63) is 47.8 Å². The Morgan fingerprint density at radius 1 is 1.35 bits per heavy atom. The second-order valence-electron chi connectivity index (χ2n) is 3.41. The third-order valence-corrected chi connectivity index (χ3v) is 2.42. The average Bonchev–Trinajstić information content (AvgIpc) is 2.35. The summed E-state index contributed by atoms with van der Waals surface area (Å²) in [5.41, 5.74) is 1.30. The molecule has 2 rings (SSSR count). The van der Waals surface area contributed by atoms with Crippen LogP contribution in [0.3, 0.4) is 0 Å². The highest BCUT2D eigenvalue weighted by Crippen LogP contribution is 2.13. The highest BCUT2D eigenvalue weighted by Gasteiger charge is 2.01. The molecule has 2 aromatic rings. The molecule has 0 atom stereocenters. The summed E-state index contributed by atoms with van der Waals surface area (Å²) in [5, 5.41) is 3.96. The number of carbonyl (C=O) groups is 1. The van der Waals surface area contributed by atoms with Gasteiger partial charge in [0.1, 0.15) is 5.15 Å². The summed E-state index contributed by atoms with van der Waals surface area (Å²) in [5.74, 6) is -0.231. The summed E-state index contributed by atoms with van der Waals surface area (Å²) in [6, 6.07) is 7.29. The molecule has 0 saturated heterocycles. The van der Waals surface area contributed by atoms with Crippen molar-refractivity contribution in [3.8, 4) is 0 Å². The number of aromatic nitrogens is 2. The number of fused-ring (bicyclic) bond motifs is 1. The predicted molar refractivity (Wildman–Crippen MR) is 66.6 cm³/mol. The first-order valence-electron chi connectivity index (χ1n) is 5.01. The molecule has 2 heterocycles. The molecule has 0 radical (unpaired) electrons. The molecule has 0 aliphatic heterocycles. The molecule has 5 heteroatoms. The van der Waals surface area contributed by atoms with E-state index in [1.54, 1.807) is 6.07 Å². The minimum absolute atomic E-state index is 0.231. The van der Waals surface area contributed by atoms with E-state index in [9.17, 15) is 4.79 Å². The van der Waals surface area contributed by atoms with Gasteiger partial charge in [0.05, 0.1) is 12.2 Å². The molecule has 0 aliphatic rings. The lowest BCUT2D eigenvalue weighted by molar-refractivity contribution is -0.116. The second kappa shape index (κ2) is 4.93. The van der Waals surface area contributed by atoms with Crippen LogP contribution in [-0.2, 0) is 11.3 Å². The molecule has 86 valence electrons. The Balaban J connectivity index is 2.24. The zero-order valence-electron chi connectivity index (χ0n) is 8.98. The van der Waals surface area contributed by atoms with Gasteiger partial charge in [-0.2, -0.15) is 0 Å². The fourth-order valence-electron chi connectivity index (χ4n) is 1.36. The highest BCUT2D eigenvalue weighted by atomic mass is 35.5. The number of pyridine rings is 2. The number of amides is 1. The summed E-state index contributed by atoms with van der Waals surface area (Å²) in [6.45, 7) is 3.71. The van der Waals surface area contributed by atoms with Crippen molar-refractivity contribution in [1.29, 1.82) is 0 Å². The van der Waals surface area contributed by atoms with Gasteiger partial charge >= 0.3 is 0 Å². The number of carbonyl (C=O) groups excluding carboxylic acids is 1. The van der Waals surface area contributed by atoms with E-state index in [1.807, 2.05) is 18.2 Å². The van der Waals surface area contributed by atoms with E-state index in [0.717, 1.165) is 11.1 Å². The second-order valence-corrected chi connectivity index (χ2v) is 3.79. The van der Waals surface area contributed by atoms with Gasteiger partial charge in [0, 0.05) is 5.39 Å². The van der Waals surface area contributed by atoms with E-state index in [4.69, 9.17) is 11.6 Å². The van der Waals surface area contributed by atoms with Gasteiger partial charge in [-0.15, -0.1) is 0 Å². The Kier molecular flexibility index (Phi) is 3.35. The maximum atomic E-state index is 11.0. The Labute approximate surface area is 103 Å². The lowest BCUT2D eigenvalue weighted by Crippen LogP contribution is -2.20. The van der Waals surface area contributed by atoms with Crippen LogP contribution in [0.25, 0.3) is 11.0 Å². The van der Waals surface area contributed by atoms with E-state index < -0.39 is 0 Å². The molecule has 17 heavy (non-hydrogen) atoms. The molecular weight excluding hydrogens is 238 g/mol. The summed E-state index contributed by atoms with van der Waals surface area (Å²) in [6.07, 6.45) is 1.22. The first-order chi connectivity index (χ1) is 8.19. The molecule has 0 aromatic carbocycles. The van der Waals surface area contributed by atoms with Crippen molar-refractivity contribution in [1.82, 2.24) is 15.3 Å². The van der Waals surface area contributed by atoms with E-state index in [2.05, 4.69) is 21.9 Å². The number of nitrogens with one attached hydrogen (secondary N) is 1. The highest BCUT2D eigenvalue weighted by molar-refractivity contribution is 6.29. The molecule has 4 nitrogen and oxygen atoms in total. The molecule has 0 fully saturated rings. The van der Waals surface area contributed by atoms with Crippen molar-refractivity contribution >= 4 is 28.5 Å². The first-order valence-corrected chi connectivity index (χ1v) is 5.39. The van der Waals surface area contributed by atoms with Crippen LogP contribution in [0.4, 0.5) is 0 Å². The third-order valence-electron chi connectivity index (χ3n) is 2.21. The van der Waals surface area contributed by atoms with Crippen molar-refractivity contribution in [2.45, 2.75) is 6.54 Å². The van der Waals surface area contributed by atoms with Gasteiger partial charge in [-0.25, -0.2) is 9.97 Å². The Morgan fingerprint density at radius 2 is 2.12 bits per heavy atom. The number of nitrogens with zero attached hydrogens (tertiary/aromatic N) is 2. The molecule has 2 aromatic heterocycles. The molecule has 1 amide bonds. The SMILES string of the molecule is C=CC(=O)NCc1ccc2ccc(Cl)nc2n1. The number of hydrogen-bond donors (Lipinski definition) is 1. The zero-order valence-corrected chi connectivity index (χ0v) is 9.74. The summed E-state index contributed by atoms with van der Waals surface area (Å²) < 4.78 is 0. The van der Waals surface area contributed by atoms with Gasteiger partial charge in [0.15, 0.2) is 5.65 Å². The van der Waals surface area contributed by atoms with Gasteiger partial charge in [-0.1, -0.05) is 18.2 Å². The Morgan fingerprint density at radius 3 is 2.88 bits per heavy atom. The molecule has 0 bridgehead atoms. The van der Waals surface area contributed by atoms with Gasteiger partial charge in [-0.3, -0.25) is 4.79 Å². The van der Waals surface area contributed by atoms with Crippen LogP contribution < -0.4 is 5.32 Å². The van der Waals surface area contributed by atoms with Crippen molar-refractivity contribution in [2.75, 3.05) is 0 Å². The fraction of sp³-hybridized carbons (Fsp3) is 0.0833. The molecular formula is C12H10ClN3O. The van der Waals surface area contributed by atoms with E-state index in [0.29, 0.717) is 17.3 Å². The minimum atomic E-state index is -0.231. The van der Waals surface area contributed by atoms with Crippen LogP contribution in [0.2, 0.25) is 5.15 Å². The largest absolute Gasteiger partial charge is 0.347 e. The summed E-state index contributed by atoms with van der Waals surface area (Å²) in [4.78, 5) is 19.4. The average molecular weight is 248 g/mol. The van der Waals surface area contributed by atoms with Crippen LogP contribution in [-0.4, -0.2) is 15.9 Å². The molecule has 0 unspecified atom stereocenters. The zero-order chi connectivity index (χ0) is 12.3. The third kappa shape index (κ3) is 2.79. The van der Waals surface area contributed by atoms with Crippen LogP contribution in [0.5, 0.6) is 0 Å². The normalized spacial score (nSPS) is 10.2. The summed E-state index contributed by atoms with van der Waals surface area (Å²) >= 11 is 5.79. The lowest BCUT2D eigenvalue weighted by Gasteiger charge is -2.03. The fourth-order valence-corrected chi connectivity index (χ4v) is 1.51. The number of halogens is 1. The molecule has 1 N–H and O–H groups in total. The first kappa shape index (κ1) is 11.5. The van der Waals surface area contributed by atoms with Gasteiger partial charge in [0.2, 0.25) is 5.91 Å².